The Labute approximate surface area is 55.8 Å². The molecule has 0 aromatic heterocycles. The van der Waals surface area contributed by atoms with E-state index >= 15 is 0 Å². The molecule has 1 rings (SSSR count). The van der Waals surface area contributed by atoms with Gasteiger partial charge in [-0.25, -0.2) is 5.01 Å². The zero-order valence-electron chi connectivity index (χ0n) is 5.94. The zero-order chi connectivity index (χ0) is 6.85. The van der Waals surface area contributed by atoms with E-state index in [0.29, 0.717) is 0 Å². The molecule has 0 bridgehead atoms. The van der Waals surface area contributed by atoms with Crippen LogP contribution in [0.5, 0.6) is 0 Å². The molecule has 50 valence electrons. The van der Waals surface area contributed by atoms with E-state index in [-0.39, 0.29) is 0 Å². The van der Waals surface area contributed by atoms with Crippen LogP contribution in [0.15, 0.2) is 23.9 Å². The first-order valence-corrected chi connectivity index (χ1v) is 3.02. The largest absolute Gasteiger partial charge is 0.326 e. The van der Waals surface area contributed by atoms with Gasteiger partial charge in [0.1, 0.15) is 0 Å². The van der Waals surface area contributed by atoms with Gasteiger partial charge >= 0.3 is 0 Å². The highest BCUT2D eigenvalue weighted by molar-refractivity contribution is 5.28. The van der Waals surface area contributed by atoms with Crippen LogP contribution in [0.1, 0.15) is 6.92 Å². The minimum absolute atomic E-state index is 0.968. The highest BCUT2D eigenvalue weighted by Gasteiger charge is 2.07. The summed E-state index contributed by atoms with van der Waals surface area (Å²) < 4.78 is 0. The number of hydrazine groups is 1. The molecular weight excluding hydrogens is 112 g/mol. The Morgan fingerprint density at radius 1 is 1.89 bits per heavy atom. The second-order valence-electron chi connectivity index (χ2n) is 2.44. The van der Waals surface area contributed by atoms with Crippen LogP contribution in [0.2, 0.25) is 0 Å². The fourth-order valence-corrected chi connectivity index (χ4v) is 0.793. The molecule has 0 unspecified atom stereocenters. The SMILES string of the molecule is C=C(C)C1=CNN(C)C1. The third kappa shape index (κ3) is 1.33. The average molecular weight is 124 g/mol. The topological polar surface area (TPSA) is 15.3 Å². The molecule has 0 spiro atoms. The van der Waals surface area contributed by atoms with Crippen LogP contribution in [0.25, 0.3) is 0 Å². The summed E-state index contributed by atoms with van der Waals surface area (Å²) in [7, 11) is 2.01. The highest BCUT2D eigenvalue weighted by Crippen LogP contribution is 2.09. The van der Waals surface area contributed by atoms with Gasteiger partial charge in [0.05, 0.1) is 0 Å². The highest BCUT2D eigenvalue weighted by atomic mass is 15.5. The maximum atomic E-state index is 3.84. The zero-order valence-corrected chi connectivity index (χ0v) is 5.94. The van der Waals surface area contributed by atoms with Crippen LogP contribution in [0.4, 0.5) is 0 Å². The summed E-state index contributed by atoms with van der Waals surface area (Å²) >= 11 is 0. The molecule has 0 aliphatic carbocycles. The first-order chi connectivity index (χ1) is 4.20. The fourth-order valence-electron chi connectivity index (χ4n) is 0.793. The molecule has 2 heteroatoms. The van der Waals surface area contributed by atoms with E-state index in [1.54, 1.807) is 0 Å². The van der Waals surface area contributed by atoms with Crippen LogP contribution in [-0.2, 0) is 0 Å². The van der Waals surface area contributed by atoms with Gasteiger partial charge in [0.15, 0.2) is 0 Å². The van der Waals surface area contributed by atoms with Crippen LogP contribution in [-0.4, -0.2) is 18.6 Å². The number of hydrogen-bond acceptors (Lipinski definition) is 2. The lowest BCUT2D eigenvalue weighted by Crippen LogP contribution is -2.24. The van der Waals surface area contributed by atoms with Crippen molar-refractivity contribution in [1.29, 1.82) is 0 Å². The van der Waals surface area contributed by atoms with Gasteiger partial charge < -0.3 is 5.43 Å². The Kier molecular flexibility index (Phi) is 1.58. The van der Waals surface area contributed by atoms with Crippen LogP contribution in [0, 0.1) is 0 Å². The van der Waals surface area contributed by atoms with Gasteiger partial charge in [0.25, 0.3) is 0 Å². The van der Waals surface area contributed by atoms with Crippen LogP contribution in [0.3, 0.4) is 0 Å². The van der Waals surface area contributed by atoms with Gasteiger partial charge in [-0.3, -0.25) is 0 Å². The molecule has 1 heterocycles. The third-order valence-electron chi connectivity index (χ3n) is 1.41. The first-order valence-electron chi connectivity index (χ1n) is 3.02. The van der Waals surface area contributed by atoms with Gasteiger partial charge in [-0.05, 0) is 12.5 Å². The normalized spacial score (nSPS) is 19.1. The van der Waals surface area contributed by atoms with E-state index in [4.69, 9.17) is 0 Å². The predicted molar refractivity (Wildman–Crippen MR) is 38.7 cm³/mol. The van der Waals surface area contributed by atoms with Crippen molar-refractivity contribution in [2.45, 2.75) is 6.92 Å². The Hall–Kier alpha value is -0.760. The molecule has 0 aromatic rings. The van der Waals surface area contributed by atoms with Gasteiger partial charge in [0, 0.05) is 19.8 Å². The minimum Gasteiger partial charge on any atom is -0.326 e. The molecule has 0 aromatic carbocycles. The Morgan fingerprint density at radius 3 is 2.78 bits per heavy atom. The van der Waals surface area contributed by atoms with E-state index in [1.165, 1.54) is 5.57 Å². The first kappa shape index (κ1) is 6.36. The molecule has 1 aliphatic rings. The fraction of sp³-hybridized carbons (Fsp3) is 0.429. The van der Waals surface area contributed by atoms with Gasteiger partial charge in [-0.2, -0.15) is 0 Å². The Morgan fingerprint density at radius 2 is 2.56 bits per heavy atom. The summed E-state index contributed by atoms with van der Waals surface area (Å²) in [5.41, 5.74) is 5.50. The molecule has 0 radical (unpaired) electrons. The van der Waals surface area contributed by atoms with Crippen molar-refractivity contribution >= 4 is 0 Å². The van der Waals surface area contributed by atoms with Gasteiger partial charge in [0.2, 0.25) is 0 Å². The van der Waals surface area contributed by atoms with Crippen molar-refractivity contribution in [3.8, 4) is 0 Å². The van der Waals surface area contributed by atoms with Gasteiger partial charge in [-0.15, -0.1) is 0 Å². The maximum absolute atomic E-state index is 3.84. The molecule has 9 heavy (non-hydrogen) atoms. The number of nitrogens with zero attached hydrogens (tertiary/aromatic N) is 1. The van der Waals surface area contributed by atoms with E-state index in [0.717, 1.165) is 12.1 Å². The average Bonchev–Trinajstić information content (AvgIpc) is 2.14. The molecule has 1 N–H and O–H groups in total. The second kappa shape index (κ2) is 2.23. The molecule has 0 amide bonds. The van der Waals surface area contributed by atoms with Gasteiger partial charge in [-0.1, -0.05) is 12.2 Å². The number of rotatable bonds is 1. The van der Waals surface area contributed by atoms with Crippen LogP contribution < -0.4 is 5.43 Å². The number of hydrogen-bond donors (Lipinski definition) is 1. The molecule has 0 saturated carbocycles. The van der Waals surface area contributed by atoms with Crippen LogP contribution >= 0.6 is 0 Å². The molecular formula is C7H12N2. The lowest BCUT2D eigenvalue weighted by Gasteiger charge is -2.06. The molecule has 1 aliphatic heterocycles. The van der Waals surface area contributed by atoms with E-state index < -0.39 is 0 Å². The monoisotopic (exact) mass is 124 g/mol. The minimum atomic E-state index is 0.968. The van der Waals surface area contributed by atoms with Crippen molar-refractivity contribution in [2.24, 2.45) is 0 Å². The molecule has 0 fully saturated rings. The third-order valence-corrected chi connectivity index (χ3v) is 1.41. The summed E-state index contributed by atoms with van der Waals surface area (Å²) in [5.74, 6) is 0. The number of likely N-dealkylation sites (N-methyl/N-ethyl adjacent to an activating group) is 1. The van der Waals surface area contributed by atoms with Crippen molar-refractivity contribution in [3.63, 3.8) is 0 Å². The Bertz CT molecular complexity index is 158. The maximum Gasteiger partial charge on any atom is 0.0443 e. The summed E-state index contributed by atoms with van der Waals surface area (Å²) in [4.78, 5) is 0. The van der Waals surface area contributed by atoms with Crippen molar-refractivity contribution in [3.05, 3.63) is 23.9 Å². The standard InChI is InChI=1S/C7H12N2/c1-6(2)7-4-8-9(3)5-7/h4,8H,1,5H2,2-3H3. The van der Waals surface area contributed by atoms with Crippen molar-refractivity contribution in [2.75, 3.05) is 13.6 Å². The summed E-state index contributed by atoms with van der Waals surface area (Å²) in [6, 6.07) is 0. The summed E-state index contributed by atoms with van der Waals surface area (Å²) in [5, 5.41) is 2.02. The van der Waals surface area contributed by atoms with Crippen molar-refractivity contribution in [1.82, 2.24) is 10.4 Å². The smallest absolute Gasteiger partial charge is 0.0443 e. The van der Waals surface area contributed by atoms with Crippen molar-refractivity contribution < 1.29 is 0 Å². The second-order valence-corrected chi connectivity index (χ2v) is 2.44. The summed E-state index contributed by atoms with van der Waals surface area (Å²) in [6.07, 6.45) is 1.99. The van der Waals surface area contributed by atoms with E-state index in [9.17, 15) is 0 Å². The lowest BCUT2D eigenvalue weighted by atomic mass is 10.1. The molecule has 0 saturated heterocycles. The van der Waals surface area contributed by atoms with E-state index in [2.05, 4.69) is 12.0 Å². The molecule has 0 atom stereocenters. The Balaban J connectivity index is 2.55. The quantitative estimate of drug-likeness (QED) is 0.558. The molecule has 2 nitrogen and oxygen atoms in total. The van der Waals surface area contributed by atoms with E-state index in [1.807, 2.05) is 25.2 Å². The lowest BCUT2D eigenvalue weighted by molar-refractivity contribution is 0.329. The predicted octanol–water partition coefficient (Wildman–Crippen LogP) is 0.896. The summed E-state index contributed by atoms with van der Waals surface area (Å²) in [6.45, 7) is 6.82. The number of nitrogens with one attached hydrogen (secondary N) is 1.